The van der Waals surface area contributed by atoms with Gasteiger partial charge in [-0.05, 0) is 20.0 Å². The van der Waals surface area contributed by atoms with Gasteiger partial charge >= 0.3 is 0 Å². The molecule has 0 radical (unpaired) electrons. The zero-order valence-corrected chi connectivity index (χ0v) is 14.8. The first kappa shape index (κ1) is 17.4. The average molecular weight is 298 g/mol. The summed E-state index contributed by atoms with van der Waals surface area (Å²) < 4.78 is 0. The Balaban J connectivity index is 2.79. The third kappa shape index (κ3) is 5.38. The SMILES string of the molecule is CC(C)NCc1sc(N(C)CCN(C)C)nc1C(C)C. The van der Waals surface area contributed by atoms with Gasteiger partial charge in [0.2, 0.25) is 0 Å². The second-order valence-electron chi connectivity index (χ2n) is 6.22. The highest BCUT2D eigenvalue weighted by Crippen LogP contribution is 2.30. The fourth-order valence-electron chi connectivity index (χ4n) is 1.83. The lowest BCUT2D eigenvalue weighted by Gasteiger charge is -2.18. The van der Waals surface area contributed by atoms with Crippen LogP contribution in [0.4, 0.5) is 5.13 Å². The van der Waals surface area contributed by atoms with Gasteiger partial charge in [-0.3, -0.25) is 0 Å². The number of likely N-dealkylation sites (N-methyl/N-ethyl adjacent to an activating group) is 2. The molecule has 0 aliphatic carbocycles. The molecule has 1 N–H and O–H groups in total. The van der Waals surface area contributed by atoms with Crippen molar-refractivity contribution >= 4 is 16.5 Å². The lowest BCUT2D eigenvalue weighted by molar-refractivity contribution is 0.416. The number of hydrogen-bond donors (Lipinski definition) is 1. The average Bonchev–Trinajstić information content (AvgIpc) is 2.77. The third-order valence-electron chi connectivity index (χ3n) is 3.14. The van der Waals surface area contributed by atoms with Gasteiger partial charge in [0, 0.05) is 37.6 Å². The topological polar surface area (TPSA) is 31.4 Å². The molecule has 0 aliphatic rings. The Morgan fingerprint density at radius 2 is 1.75 bits per heavy atom. The van der Waals surface area contributed by atoms with E-state index in [0.717, 1.165) is 24.8 Å². The first-order valence-corrected chi connectivity index (χ1v) is 8.21. The quantitative estimate of drug-likeness (QED) is 0.799. The molecule has 0 atom stereocenters. The van der Waals surface area contributed by atoms with E-state index in [2.05, 4.69) is 64.0 Å². The minimum atomic E-state index is 0.478. The Kier molecular flexibility index (Phi) is 6.92. The number of rotatable bonds is 8. The summed E-state index contributed by atoms with van der Waals surface area (Å²) in [7, 11) is 6.34. The minimum Gasteiger partial charge on any atom is -0.350 e. The molecule has 0 saturated heterocycles. The summed E-state index contributed by atoms with van der Waals surface area (Å²) in [6, 6.07) is 0.507. The molecular weight excluding hydrogens is 268 g/mol. The number of hydrogen-bond acceptors (Lipinski definition) is 5. The molecule has 20 heavy (non-hydrogen) atoms. The van der Waals surface area contributed by atoms with Crippen molar-refractivity contribution in [3.05, 3.63) is 10.6 Å². The van der Waals surface area contributed by atoms with Crippen LogP contribution in [0.2, 0.25) is 0 Å². The molecule has 5 heteroatoms. The van der Waals surface area contributed by atoms with Gasteiger partial charge in [-0.2, -0.15) is 0 Å². The molecule has 1 aromatic rings. The van der Waals surface area contributed by atoms with Crippen molar-refractivity contribution in [3.8, 4) is 0 Å². The summed E-state index contributed by atoms with van der Waals surface area (Å²) in [6.07, 6.45) is 0. The molecule has 0 aliphatic heterocycles. The summed E-state index contributed by atoms with van der Waals surface area (Å²) in [6.45, 7) is 11.8. The molecular formula is C15H30N4S. The van der Waals surface area contributed by atoms with Crippen LogP contribution in [-0.4, -0.2) is 50.2 Å². The van der Waals surface area contributed by atoms with E-state index < -0.39 is 0 Å². The van der Waals surface area contributed by atoms with Gasteiger partial charge in [0.15, 0.2) is 5.13 Å². The van der Waals surface area contributed by atoms with Gasteiger partial charge in [-0.25, -0.2) is 4.98 Å². The van der Waals surface area contributed by atoms with Crippen LogP contribution in [0.1, 0.15) is 44.2 Å². The lowest BCUT2D eigenvalue weighted by Crippen LogP contribution is -2.28. The Morgan fingerprint density at radius 3 is 2.25 bits per heavy atom. The first-order valence-electron chi connectivity index (χ1n) is 7.40. The van der Waals surface area contributed by atoms with Gasteiger partial charge < -0.3 is 15.1 Å². The zero-order chi connectivity index (χ0) is 15.3. The van der Waals surface area contributed by atoms with Crippen LogP contribution in [0.5, 0.6) is 0 Å². The van der Waals surface area contributed by atoms with E-state index in [1.807, 2.05) is 11.3 Å². The summed E-state index contributed by atoms with van der Waals surface area (Å²) >= 11 is 1.82. The molecule has 0 bridgehead atoms. The van der Waals surface area contributed by atoms with E-state index in [-0.39, 0.29) is 0 Å². The number of anilines is 1. The van der Waals surface area contributed by atoms with Crippen molar-refractivity contribution in [2.24, 2.45) is 0 Å². The molecule has 0 saturated carbocycles. The van der Waals surface area contributed by atoms with Crippen molar-refractivity contribution in [2.45, 2.75) is 46.2 Å². The Hall–Kier alpha value is -0.650. The summed E-state index contributed by atoms with van der Waals surface area (Å²) in [5, 5.41) is 4.64. The summed E-state index contributed by atoms with van der Waals surface area (Å²) in [5.41, 5.74) is 1.25. The van der Waals surface area contributed by atoms with Crippen molar-refractivity contribution < 1.29 is 0 Å². The van der Waals surface area contributed by atoms with Gasteiger partial charge in [-0.1, -0.05) is 27.7 Å². The molecule has 1 heterocycles. The number of nitrogens with one attached hydrogen (secondary N) is 1. The maximum Gasteiger partial charge on any atom is 0.185 e. The summed E-state index contributed by atoms with van der Waals surface area (Å²) in [4.78, 5) is 10.7. The van der Waals surface area contributed by atoms with Crippen LogP contribution in [-0.2, 0) is 6.54 Å². The number of thiazole rings is 1. The van der Waals surface area contributed by atoms with E-state index >= 15 is 0 Å². The second kappa shape index (κ2) is 7.96. The molecule has 0 unspecified atom stereocenters. The highest BCUT2D eigenvalue weighted by molar-refractivity contribution is 7.15. The molecule has 0 aromatic carbocycles. The first-order chi connectivity index (χ1) is 9.31. The van der Waals surface area contributed by atoms with Crippen LogP contribution < -0.4 is 10.2 Å². The maximum atomic E-state index is 4.85. The van der Waals surface area contributed by atoms with Crippen molar-refractivity contribution in [1.82, 2.24) is 15.2 Å². The molecule has 4 nitrogen and oxygen atoms in total. The number of aromatic nitrogens is 1. The lowest BCUT2D eigenvalue weighted by atomic mass is 10.1. The molecule has 0 spiro atoms. The Morgan fingerprint density at radius 1 is 1.10 bits per heavy atom. The summed E-state index contributed by atoms with van der Waals surface area (Å²) in [5.74, 6) is 0.478. The Bertz CT molecular complexity index is 399. The van der Waals surface area contributed by atoms with E-state index in [9.17, 15) is 0 Å². The van der Waals surface area contributed by atoms with Crippen LogP contribution in [0.3, 0.4) is 0 Å². The number of nitrogens with zero attached hydrogens (tertiary/aromatic N) is 3. The predicted octanol–water partition coefficient (Wildman–Crippen LogP) is 2.76. The van der Waals surface area contributed by atoms with E-state index in [4.69, 9.17) is 4.98 Å². The van der Waals surface area contributed by atoms with Crippen molar-refractivity contribution in [3.63, 3.8) is 0 Å². The molecule has 0 amide bonds. The van der Waals surface area contributed by atoms with Crippen molar-refractivity contribution in [2.75, 3.05) is 39.1 Å². The minimum absolute atomic E-state index is 0.478. The van der Waals surface area contributed by atoms with Crippen LogP contribution >= 0.6 is 11.3 Å². The third-order valence-corrected chi connectivity index (χ3v) is 4.33. The van der Waals surface area contributed by atoms with Crippen LogP contribution in [0.25, 0.3) is 0 Å². The largest absolute Gasteiger partial charge is 0.350 e. The fraction of sp³-hybridized carbons (Fsp3) is 0.800. The van der Waals surface area contributed by atoms with Gasteiger partial charge in [0.25, 0.3) is 0 Å². The van der Waals surface area contributed by atoms with Gasteiger partial charge in [0.1, 0.15) is 0 Å². The highest BCUT2D eigenvalue weighted by Gasteiger charge is 2.16. The standard InChI is InChI=1S/C15H30N4S/c1-11(2)14-13(10-16-12(3)4)20-15(17-14)19(7)9-8-18(5)6/h11-12,16H,8-10H2,1-7H3. The van der Waals surface area contributed by atoms with E-state index in [0.29, 0.717) is 12.0 Å². The van der Waals surface area contributed by atoms with Crippen LogP contribution in [0, 0.1) is 0 Å². The highest BCUT2D eigenvalue weighted by atomic mass is 32.1. The molecule has 0 fully saturated rings. The predicted molar refractivity (Wildman–Crippen MR) is 90.0 cm³/mol. The smallest absolute Gasteiger partial charge is 0.185 e. The Labute approximate surface area is 128 Å². The zero-order valence-electron chi connectivity index (χ0n) is 14.0. The van der Waals surface area contributed by atoms with Gasteiger partial charge in [-0.15, -0.1) is 11.3 Å². The monoisotopic (exact) mass is 298 g/mol. The van der Waals surface area contributed by atoms with Crippen LogP contribution in [0.15, 0.2) is 0 Å². The van der Waals surface area contributed by atoms with Gasteiger partial charge in [0.05, 0.1) is 5.69 Å². The fourth-order valence-corrected chi connectivity index (χ4v) is 2.99. The maximum absolute atomic E-state index is 4.85. The molecule has 1 rings (SSSR count). The van der Waals surface area contributed by atoms with E-state index in [1.54, 1.807) is 0 Å². The molecule has 1 aromatic heterocycles. The van der Waals surface area contributed by atoms with E-state index in [1.165, 1.54) is 10.6 Å². The molecule has 116 valence electrons. The second-order valence-corrected chi connectivity index (χ2v) is 7.28. The van der Waals surface area contributed by atoms with Crippen molar-refractivity contribution in [1.29, 1.82) is 0 Å². The normalized spacial score (nSPS) is 11.9.